The second kappa shape index (κ2) is 5.79. The second-order valence-corrected chi connectivity index (χ2v) is 5.29. The minimum atomic E-state index is -0.147. The number of hydrogen-bond donors (Lipinski definition) is 1. The minimum absolute atomic E-state index is 0.0277. The Morgan fingerprint density at radius 3 is 2.83 bits per heavy atom. The van der Waals surface area contributed by atoms with E-state index in [9.17, 15) is 9.59 Å². The van der Waals surface area contributed by atoms with Crippen LogP contribution in [0.25, 0.3) is 0 Å². The molecule has 0 aromatic carbocycles. The van der Waals surface area contributed by atoms with Crippen molar-refractivity contribution < 1.29 is 4.79 Å². The lowest BCUT2D eigenvalue weighted by Gasteiger charge is -2.27. The first kappa shape index (κ1) is 13.5. The van der Waals surface area contributed by atoms with Crippen LogP contribution in [-0.2, 0) is 11.3 Å². The van der Waals surface area contributed by atoms with Gasteiger partial charge in [-0.15, -0.1) is 0 Å². The fourth-order valence-electron chi connectivity index (χ4n) is 1.82. The molecule has 1 amide bonds. The summed E-state index contributed by atoms with van der Waals surface area (Å²) < 4.78 is 1.95. The van der Waals surface area contributed by atoms with E-state index in [1.807, 2.05) is 22.6 Å². The van der Waals surface area contributed by atoms with Gasteiger partial charge in [0.05, 0.1) is 15.6 Å². The monoisotopic (exact) mass is 362 g/mol. The van der Waals surface area contributed by atoms with Crippen molar-refractivity contribution in [2.75, 3.05) is 26.2 Å². The normalized spacial score (nSPS) is 15.8. The van der Waals surface area contributed by atoms with Gasteiger partial charge >= 0.3 is 0 Å². The Labute approximate surface area is 119 Å². The van der Waals surface area contributed by atoms with Crippen molar-refractivity contribution in [2.24, 2.45) is 0 Å². The number of halogens is 1. The smallest absolute Gasteiger partial charge is 0.267 e. The van der Waals surface area contributed by atoms with Crippen molar-refractivity contribution in [2.45, 2.75) is 13.5 Å². The number of hydrogen-bond acceptors (Lipinski definition) is 4. The molecule has 0 aliphatic carbocycles. The highest BCUT2D eigenvalue weighted by molar-refractivity contribution is 14.1. The largest absolute Gasteiger partial charge is 0.339 e. The van der Waals surface area contributed by atoms with Crippen LogP contribution in [0.4, 0.5) is 0 Å². The molecule has 6 nitrogen and oxygen atoms in total. The number of amides is 1. The Morgan fingerprint density at radius 1 is 1.50 bits per heavy atom. The highest BCUT2D eigenvalue weighted by atomic mass is 127. The van der Waals surface area contributed by atoms with Gasteiger partial charge in [-0.25, -0.2) is 4.98 Å². The summed E-state index contributed by atoms with van der Waals surface area (Å²) >= 11 is 1.97. The predicted molar refractivity (Wildman–Crippen MR) is 75.4 cm³/mol. The third-order valence-corrected chi connectivity index (χ3v) is 4.17. The Balaban J connectivity index is 2.12. The molecule has 1 aliphatic heterocycles. The first-order valence-corrected chi connectivity index (χ1v) is 6.87. The fraction of sp³-hybridized carbons (Fsp3) is 0.545. The summed E-state index contributed by atoms with van der Waals surface area (Å²) in [6.07, 6.45) is 1.44. The summed E-state index contributed by atoms with van der Waals surface area (Å²) in [6.45, 7) is 4.87. The molecule has 0 saturated carbocycles. The number of carbonyl (C=O) groups is 1. The van der Waals surface area contributed by atoms with Crippen LogP contribution in [0.5, 0.6) is 0 Å². The standard InChI is InChI=1S/C11H15IN4O2/c1-8-10(12)11(18)16(7-14-8)6-9(17)15-4-2-13-3-5-15/h7,13H,2-6H2,1H3. The molecular weight excluding hydrogens is 347 g/mol. The Hall–Kier alpha value is -0.960. The average Bonchev–Trinajstić information content (AvgIpc) is 2.40. The molecule has 0 atom stereocenters. The molecule has 1 fully saturated rings. The van der Waals surface area contributed by atoms with Gasteiger partial charge in [0.2, 0.25) is 5.91 Å². The highest BCUT2D eigenvalue weighted by Gasteiger charge is 2.17. The summed E-state index contributed by atoms with van der Waals surface area (Å²) in [7, 11) is 0. The molecule has 0 spiro atoms. The molecule has 1 aromatic rings. The van der Waals surface area contributed by atoms with Crippen LogP contribution in [0.2, 0.25) is 0 Å². The van der Waals surface area contributed by atoms with Gasteiger partial charge in [-0.3, -0.25) is 14.2 Å². The van der Waals surface area contributed by atoms with E-state index in [0.29, 0.717) is 22.4 Å². The van der Waals surface area contributed by atoms with Crippen molar-refractivity contribution in [1.29, 1.82) is 0 Å². The summed E-state index contributed by atoms with van der Waals surface area (Å²) in [5.41, 5.74) is 0.554. The fourth-order valence-corrected chi connectivity index (χ4v) is 2.27. The molecule has 1 aliphatic rings. The van der Waals surface area contributed by atoms with E-state index in [2.05, 4.69) is 10.3 Å². The summed E-state index contributed by atoms with van der Waals surface area (Å²) in [4.78, 5) is 29.8. The van der Waals surface area contributed by atoms with Crippen molar-refractivity contribution >= 4 is 28.5 Å². The van der Waals surface area contributed by atoms with E-state index in [4.69, 9.17) is 0 Å². The molecule has 0 bridgehead atoms. The Kier molecular flexibility index (Phi) is 4.33. The number of rotatable bonds is 2. The van der Waals surface area contributed by atoms with E-state index in [0.717, 1.165) is 13.1 Å². The molecule has 1 aromatic heterocycles. The topological polar surface area (TPSA) is 67.2 Å². The summed E-state index contributed by atoms with van der Waals surface area (Å²) in [5.74, 6) is -0.0277. The zero-order chi connectivity index (χ0) is 13.1. The maximum absolute atomic E-state index is 12.0. The van der Waals surface area contributed by atoms with E-state index in [1.54, 1.807) is 11.8 Å². The molecule has 1 N–H and O–H groups in total. The molecule has 1 saturated heterocycles. The molecule has 98 valence electrons. The summed E-state index contributed by atoms with van der Waals surface area (Å²) in [5, 5.41) is 3.19. The number of carbonyl (C=O) groups excluding carboxylic acids is 1. The predicted octanol–water partition coefficient (Wildman–Crippen LogP) is -0.412. The van der Waals surface area contributed by atoms with E-state index in [-0.39, 0.29) is 18.0 Å². The van der Waals surface area contributed by atoms with Crippen LogP contribution in [0.15, 0.2) is 11.1 Å². The van der Waals surface area contributed by atoms with Gasteiger partial charge in [-0.1, -0.05) is 0 Å². The van der Waals surface area contributed by atoms with Gasteiger partial charge in [0.15, 0.2) is 0 Å². The van der Waals surface area contributed by atoms with Crippen LogP contribution in [-0.4, -0.2) is 46.5 Å². The van der Waals surface area contributed by atoms with Gasteiger partial charge in [-0.2, -0.15) is 0 Å². The molecule has 0 radical (unpaired) electrons. The first-order valence-electron chi connectivity index (χ1n) is 5.79. The highest BCUT2D eigenvalue weighted by Crippen LogP contribution is 2.02. The van der Waals surface area contributed by atoms with Gasteiger partial charge < -0.3 is 10.2 Å². The lowest BCUT2D eigenvalue weighted by atomic mass is 10.3. The van der Waals surface area contributed by atoms with Gasteiger partial charge in [-0.05, 0) is 29.5 Å². The Morgan fingerprint density at radius 2 is 2.17 bits per heavy atom. The van der Waals surface area contributed by atoms with Crippen LogP contribution in [0.3, 0.4) is 0 Å². The lowest BCUT2D eigenvalue weighted by molar-refractivity contribution is -0.132. The molecule has 7 heteroatoms. The van der Waals surface area contributed by atoms with E-state index in [1.165, 1.54) is 10.9 Å². The SMILES string of the molecule is Cc1ncn(CC(=O)N2CCNCC2)c(=O)c1I. The quantitative estimate of drug-likeness (QED) is 0.727. The zero-order valence-corrected chi connectivity index (χ0v) is 12.3. The van der Waals surface area contributed by atoms with Gasteiger partial charge in [0, 0.05) is 26.2 Å². The molecular formula is C11H15IN4O2. The third-order valence-electron chi connectivity index (χ3n) is 2.93. The van der Waals surface area contributed by atoms with E-state index >= 15 is 0 Å². The third kappa shape index (κ3) is 2.89. The number of nitrogens with one attached hydrogen (secondary N) is 1. The van der Waals surface area contributed by atoms with Crippen molar-refractivity contribution in [1.82, 2.24) is 19.8 Å². The van der Waals surface area contributed by atoms with Crippen molar-refractivity contribution in [3.63, 3.8) is 0 Å². The number of piperazine rings is 1. The van der Waals surface area contributed by atoms with Gasteiger partial charge in [0.1, 0.15) is 6.54 Å². The second-order valence-electron chi connectivity index (χ2n) is 4.21. The van der Waals surface area contributed by atoms with Gasteiger partial charge in [0.25, 0.3) is 5.56 Å². The van der Waals surface area contributed by atoms with Crippen LogP contribution >= 0.6 is 22.6 Å². The van der Waals surface area contributed by atoms with Crippen LogP contribution in [0, 0.1) is 10.5 Å². The number of aryl methyl sites for hydroxylation is 1. The van der Waals surface area contributed by atoms with E-state index < -0.39 is 0 Å². The average molecular weight is 362 g/mol. The number of nitrogens with zero attached hydrogens (tertiary/aromatic N) is 3. The van der Waals surface area contributed by atoms with Crippen LogP contribution in [0.1, 0.15) is 5.69 Å². The first-order chi connectivity index (χ1) is 8.59. The minimum Gasteiger partial charge on any atom is -0.339 e. The molecule has 2 heterocycles. The molecule has 2 rings (SSSR count). The number of aromatic nitrogens is 2. The Bertz CT molecular complexity index is 508. The lowest BCUT2D eigenvalue weighted by Crippen LogP contribution is -2.48. The maximum atomic E-state index is 12.0. The molecule has 18 heavy (non-hydrogen) atoms. The maximum Gasteiger partial charge on any atom is 0.267 e. The summed E-state index contributed by atoms with van der Waals surface area (Å²) in [6, 6.07) is 0. The van der Waals surface area contributed by atoms with Crippen molar-refractivity contribution in [3.05, 3.63) is 25.9 Å². The van der Waals surface area contributed by atoms with Crippen molar-refractivity contribution in [3.8, 4) is 0 Å². The molecule has 0 unspecified atom stereocenters. The zero-order valence-electron chi connectivity index (χ0n) is 10.1. The van der Waals surface area contributed by atoms with Crippen LogP contribution < -0.4 is 10.9 Å².